The molecular weight excluding hydrogens is 373 g/mol. The molecule has 0 amide bonds. The maximum Gasteiger partial charge on any atom is 0.416 e. The number of ketones is 1. The topological polar surface area (TPSA) is 69.9 Å². The summed E-state index contributed by atoms with van der Waals surface area (Å²) in [5.74, 6) is 0.553. The van der Waals surface area contributed by atoms with E-state index >= 15 is 0 Å². The highest BCUT2D eigenvalue weighted by Gasteiger charge is 2.30. The number of alkyl halides is 3. The van der Waals surface area contributed by atoms with E-state index < -0.39 is 11.7 Å². The van der Waals surface area contributed by atoms with Crippen molar-refractivity contribution in [3.05, 3.63) is 59.2 Å². The molecule has 0 aliphatic rings. The summed E-state index contributed by atoms with van der Waals surface area (Å²) >= 11 is 0. The van der Waals surface area contributed by atoms with Gasteiger partial charge in [0.15, 0.2) is 5.78 Å². The highest BCUT2D eigenvalue weighted by Crippen LogP contribution is 2.31. The fourth-order valence-corrected chi connectivity index (χ4v) is 2.63. The van der Waals surface area contributed by atoms with Gasteiger partial charge in [-0.15, -0.1) is 10.2 Å². The predicted octanol–water partition coefficient (Wildman–Crippen LogP) is 4.01. The van der Waals surface area contributed by atoms with Gasteiger partial charge in [0, 0.05) is 16.7 Å². The summed E-state index contributed by atoms with van der Waals surface area (Å²) in [6.07, 6.45) is -4.45. The number of Topliss-reactive ketones (excluding diaryl/α,β-unsaturated/α-hetero) is 1. The molecule has 0 radical (unpaired) electrons. The Labute approximate surface area is 158 Å². The van der Waals surface area contributed by atoms with Crippen molar-refractivity contribution in [1.82, 2.24) is 20.2 Å². The first-order valence-corrected chi connectivity index (χ1v) is 8.50. The van der Waals surface area contributed by atoms with E-state index in [1.165, 1.54) is 23.9 Å². The lowest BCUT2D eigenvalue weighted by Crippen LogP contribution is -2.08. The number of hydrogen-bond donors (Lipinski definition) is 0. The van der Waals surface area contributed by atoms with Gasteiger partial charge in [0.2, 0.25) is 5.82 Å². The van der Waals surface area contributed by atoms with Crippen molar-refractivity contribution >= 4 is 5.78 Å². The normalized spacial score (nSPS) is 11.5. The Morgan fingerprint density at radius 3 is 2.64 bits per heavy atom. The Bertz CT molecular complexity index is 999. The van der Waals surface area contributed by atoms with E-state index in [9.17, 15) is 18.0 Å². The van der Waals surface area contributed by atoms with Crippen LogP contribution in [-0.4, -0.2) is 32.6 Å². The summed E-state index contributed by atoms with van der Waals surface area (Å²) < 4.78 is 44.2. The minimum Gasteiger partial charge on any atom is -0.494 e. The number of tetrazole rings is 1. The van der Waals surface area contributed by atoms with Gasteiger partial charge in [-0.05, 0) is 49.4 Å². The molecule has 0 atom stereocenters. The Kier molecular flexibility index (Phi) is 5.43. The van der Waals surface area contributed by atoms with Gasteiger partial charge in [0.25, 0.3) is 0 Å². The number of rotatable bonds is 6. The monoisotopic (exact) mass is 390 g/mol. The molecule has 0 bridgehead atoms. The first kappa shape index (κ1) is 19.5. The first-order chi connectivity index (χ1) is 13.3. The highest BCUT2D eigenvalue weighted by atomic mass is 19.4. The van der Waals surface area contributed by atoms with Crippen LogP contribution in [0.15, 0.2) is 42.5 Å². The minimum atomic E-state index is -4.45. The van der Waals surface area contributed by atoms with Gasteiger partial charge in [-0.25, -0.2) is 0 Å². The van der Waals surface area contributed by atoms with Crippen molar-refractivity contribution in [3.8, 4) is 17.1 Å². The van der Waals surface area contributed by atoms with Gasteiger partial charge in [0.1, 0.15) is 5.75 Å². The van der Waals surface area contributed by atoms with Crippen molar-refractivity contribution in [3.63, 3.8) is 0 Å². The number of hydrogen-bond acceptors (Lipinski definition) is 5. The minimum absolute atomic E-state index is 0.0757. The quantitative estimate of drug-likeness (QED) is 0.595. The summed E-state index contributed by atoms with van der Waals surface area (Å²) in [7, 11) is 0. The van der Waals surface area contributed by atoms with Gasteiger partial charge >= 0.3 is 6.18 Å². The fourth-order valence-electron chi connectivity index (χ4n) is 2.63. The summed E-state index contributed by atoms with van der Waals surface area (Å²) in [6, 6.07) is 9.78. The number of ether oxygens (including phenoxy) is 1. The Hall–Kier alpha value is -3.23. The summed E-state index contributed by atoms with van der Waals surface area (Å²) in [5.41, 5.74) is 0.608. The van der Waals surface area contributed by atoms with Crippen LogP contribution in [0.3, 0.4) is 0 Å². The molecule has 3 rings (SSSR count). The maximum atomic E-state index is 12.9. The van der Waals surface area contributed by atoms with Crippen molar-refractivity contribution < 1.29 is 22.7 Å². The molecule has 0 spiro atoms. The van der Waals surface area contributed by atoms with E-state index in [2.05, 4.69) is 15.4 Å². The van der Waals surface area contributed by atoms with Crippen LogP contribution in [0.1, 0.15) is 35.3 Å². The smallest absolute Gasteiger partial charge is 0.416 e. The number of carbonyl (C=O) groups excluding carboxylic acids is 1. The number of carbonyl (C=O) groups is 1. The highest BCUT2D eigenvalue weighted by molar-refractivity contribution is 5.94. The van der Waals surface area contributed by atoms with Crippen LogP contribution in [0.25, 0.3) is 11.4 Å². The third-order valence-electron chi connectivity index (χ3n) is 3.98. The average molecular weight is 390 g/mol. The lowest BCUT2D eigenvalue weighted by atomic mass is 10.1. The molecule has 0 unspecified atom stereocenters. The molecule has 0 N–H and O–H groups in total. The molecule has 6 nitrogen and oxygen atoms in total. The Morgan fingerprint density at radius 1 is 1.18 bits per heavy atom. The van der Waals surface area contributed by atoms with Crippen LogP contribution in [-0.2, 0) is 12.7 Å². The number of benzene rings is 2. The van der Waals surface area contributed by atoms with Gasteiger partial charge in [0.05, 0.1) is 18.7 Å². The van der Waals surface area contributed by atoms with Crippen LogP contribution < -0.4 is 4.74 Å². The SMILES string of the molecule is CCOc1ccc(C(C)=O)cc1Cn1nnc(-c2cccc(C(F)(F)F)c2)n1. The van der Waals surface area contributed by atoms with Gasteiger partial charge in [-0.2, -0.15) is 18.0 Å². The van der Waals surface area contributed by atoms with E-state index in [1.54, 1.807) is 18.2 Å². The third kappa shape index (κ3) is 4.36. The predicted molar refractivity (Wildman–Crippen MR) is 95.0 cm³/mol. The molecule has 1 heterocycles. The van der Waals surface area contributed by atoms with Crippen LogP contribution in [0.4, 0.5) is 13.2 Å². The molecule has 0 fully saturated rings. The number of aromatic nitrogens is 4. The standard InChI is InChI=1S/C19H17F3N4O2/c1-3-28-17-8-7-13(12(2)27)9-15(17)11-26-24-18(23-25-26)14-5-4-6-16(10-14)19(20,21)22/h4-10H,3,11H2,1-2H3. The summed E-state index contributed by atoms with van der Waals surface area (Å²) in [5, 5.41) is 11.9. The second-order valence-electron chi connectivity index (χ2n) is 6.03. The largest absolute Gasteiger partial charge is 0.494 e. The molecule has 0 saturated heterocycles. The van der Waals surface area contributed by atoms with E-state index in [0.717, 1.165) is 12.1 Å². The zero-order valence-corrected chi connectivity index (χ0v) is 15.2. The lowest BCUT2D eigenvalue weighted by Gasteiger charge is -2.10. The lowest BCUT2D eigenvalue weighted by molar-refractivity contribution is -0.137. The molecular formula is C19H17F3N4O2. The van der Waals surface area contributed by atoms with Gasteiger partial charge < -0.3 is 4.74 Å². The second kappa shape index (κ2) is 7.79. The number of halogens is 3. The Morgan fingerprint density at radius 2 is 1.96 bits per heavy atom. The summed E-state index contributed by atoms with van der Waals surface area (Å²) in [6.45, 7) is 3.89. The van der Waals surface area contributed by atoms with Crippen LogP contribution in [0.2, 0.25) is 0 Å². The molecule has 3 aromatic rings. The zero-order chi connectivity index (χ0) is 20.3. The van der Waals surface area contributed by atoms with Gasteiger partial charge in [-0.3, -0.25) is 4.79 Å². The fraction of sp³-hybridized carbons (Fsp3) is 0.263. The van der Waals surface area contributed by atoms with Crippen molar-refractivity contribution in [2.75, 3.05) is 6.61 Å². The molecule has 0 aliphatic heterocycles. The summed E-state index contributed by atoms with van der Waals surface area (Å²) in [4.78, 5) is 12.9. The molecule has 2 aromatic carbocycles. The Balaban J connectivity index is 1.89. The second-order valence-corrected chi connectivity index (χ2v) is 6.03. The van der Waals surface area contributed by atoms with E-state index in [1.807, 2.05) is 6.92 Å². The van der Waals surface area contributed by atoms with E-state index in [4.69, 9.17) is 4.74 Å². The molecule has 28 heavy (non-hydrogen) atoms. The van der Waals surface area contributed by atoms with Crippen molar-refractivity contribution in [2.45, 2.75) is 26.6 Å². The molecule has 1 aromatic heterocycles. The van der Waals surface area contributed by atoms with Crippen molar-refractivity contribution in [2.24, 2.45) is 0 Å². The maximum absolute atomic E-state index is 12.9. The molecule has 9 heteroatoms. The van der Waals surface area contributed by atoms with E-state index in [-0.39, 0.29) is 23.7 Å². The average Bonchev–Trinajstić information content (AvgIpc) is 3.11. The van der Waals surface area contributed by atoms with Crippen molar-refractivity contribution in [1.29, 1.82) is 0 Å². The van der Waals surface area contributed by atoms with Crippen LogP contribution >= 0.6 is 0 Å². The number of nitrogens with zero attached hydrogens (tertiary/aromatic N) is 4. The zero-order valence-electron chi connectivity index (χ0n) is 15.2. The first-order valence-electron chi connectivity index (χ1n) is 8.50. The molecule has 146 valence electrons. The van der Waals surface area contributed by atoms with Crippen LogP contribution in [0.5, 0.6) is 5.75 Å². The molecule has 0 saturated carbocycles. The van der Waals surface area contributed by atoms with Crippen LogP contribution in [0, 0.1) is 0 Å². The van der Waals surface area contributed by atoms with E-state index in [0.29, 0.717) is 23.5 Å². The van der Waals surface area contributed by atoms with Gasteiger partial charge in [-0.1, -0.05) is 12.1 Å². The third-order valence-corrected chi connectivity index (χ3v) is 3.98. The molecule has 0 aliphatic carbocycles.